The van der Waals surface area contributed by atoms with Crippen LogP contribution in [0.1, 0.15) is 24.0 Å². The van der Waals surface area contributed by atoms with Crippen LogP contribution in [0.4, 0.5) is 4.39 Å². The number of rotatable bonds is 7. The van der Waals surface area contributed by atoms with Crippen LogP contribution in [-0.4, -0.2) is 28.6 Å². The minimum absolute atomic E-state index is 0.0486. The Kier molecular flexibility index (Phi) is 5.15. The molecule has 7 heteroatoms. The molecule has 1 aromatic heterocycles. The van der Waals surface area contributed by atoms with Gasteiger partial charge in [0, 0.05) is 30.8 Å². The van der Waals surface area contributed by atoms with Crippen molar-refractivity contribution in [1.29, 1.82) is 0 Å². The second kappa shape index (κ2) is 7.33. The lowest BCUT2D eigenvalue weighted by atomic mass is 9.99. The largest absolute Gasteiger partial charge is 0.494 e. The van der Waals surface area contributed by atoms with Crippen LogP contribution >= 0.6 is 0 Å². The van der Waals surface area contributed by atoms with Crippen molar-refractivity contribution < 1.29 is 14.2 Å². The highest BCUT2D eigenvalue weighted by molar-refractivity contribution is 5.65. The number of ether oxygens (including phenoxy) is 1. The highest BCUT2D eigenvalue weighted by Gasteiger charge is 2.25. The maximum absolute atomic E-state index is 14.1. The molecule has 0 atom stereocenters. The molecule has 0 aliphatic heterocycles. The molecule has 6 nitrogen and oxygen atoms in total. The molecule has 0 unspecified atom stereocenters. The number of methoxy groups -OCH3 is 1. The topological polar surface area (TPSA) is 90.4 Å². The number of aliphatic hydroxyl groups excluding tert-OH is 1. The molecule has 1 aromatic carbocycles. The Morgan fingerprint density at radius 2 is 2.16 bits per heavy atom. The average molecular weight is 347 g/mol. The highest BCUT2D eigenvalue weighted by atomic mass is 19.1. The van der Waals surface area contributed by atoms with Crippen LogP contribution < -0.4 is 16.0 Å². The van der Waals surface area contributed by atoms with Crippen molar-refractivity contribution in [2.75, 3.05) is 13.7 Å². The molecule has 1 aliphatic rings. The predicted molar refractivity (Wildman–Crippen MR) is 91.8 cm³/mol. The Morgan fingerprint density at radius 3 is 2.72 bits per heavy atom. The monoisotopic (exact) mass is 347 g/mol. The summed E-state index contributed by atoms with van der Waals surface area (Å²) in [5, 5.41) is 13.9. The lowest BCUT2D eigenvalue weighted by molar-refractivity contribution is 0.299. The summed E-state index contributed by atoms with van der Waals surface area (Å²) in [6.45, 7) is 0.441. The fourth-order valence-electron chi connectivity index (χ4n) is 2.96. The van der Waals surface area contributed by atoms with Crippen molar-refractivity contribution in [2.24, 2.45) is 11.7 Å². The Labute approximate surface area is 145 Å². The van der Waals surface area contributed by atoms with Gasteiger partial charge >= 0.3 is 0 Å². The summed E-state index contributed by atoms with van der Waals surface area (Å²) in [7, 11) is 1.40. The zero-order valence-corrected chi connectivity index (χ0v) is 14.2. The first-order chi connectivity index (χ1) is 12.1. The first kappa shape index (κ1) is 17.6. The third-order valence-corrected chi connectivity index (χ3v) is 4.48. The van der Waals surface area contributed by atoms with Crippen LogP contribution in [0.25, 0.3) is 11.3 Å². The van der Waals surface area contributed by atoms with Gasteiger partial charge in [0.15, 0.2) is 11.6 Å². The molecule has 1 heterocycles. The van der Waals surface area contributed by atoms with Gasteiger partial charge < -0.3 is 15.6 Å². The van der Waals surface area contributed by atoms with E-state index in [1.807, 2.05) is 0 Å². The number of hydrogen-bond donors (Lipinski definition) is 2. The van der Waals surface area contributed by atoms with Gasteiger partial charge in [-0.05, 0) is 48.9 Å². The van der Waals surface area contributed by atoms with Gasteiger partial charge in [0.25, 0.3) is 5.56 Å². The fourth-order valence-corrected chi connectivity index (χ4v) is 2.96. The quantitative estimate of drug-likeness (QED) is 0.791. The molecule has 0 bridgehead atoms. The van der Waals surface area contributed by atoms with E-state index in [0.29, 0.717) is 34.8 Å². The second-order valence-corrected chi connectivity index (χ2v) is 6.26. The summed E-state index contributed by atoms with van der Waals surface area (Å²) in [5.74, 6) is 0.0868. The van der Waals surface area contributed by atoms with Crippen LogP contribution in [-0.2, 0) is 19.5 Å². The summed E-state index contributed by atoms with van der Waals surface area (Å²) < 4.78 is 20.5. The zero-order valence-electron chi connectivity index (χ0n) is 14.2. The molecule has 0 spiro atoms. The van der Waals surface area contributed by atoms with Gasteiger partial charge in [-0.3, -0.25) is 4.79 Å². The van der Waals surface area contributed by atoms with Crippen molar-refractivity contribution in [2.45, 2.75) is 32.4 Å². The Bertz CT molecular complexity index is 831. The number of aliphatic hydroxyl groups is 1. The Balaban J connectivity index is 2.18. The number of nitrogens with zero attached hydrogens (tertiary/aromatic N) is 2. The lowest BCUT2D eigenvalue weighted by Gasteiger charge is -2.16. The zero-order chi connectivity index (χ0) is 18.0. The second-order valence-electron chi connectivity index (χ2n) is 6.26. The fraction of sp³-hybridized carbons (Fsp3) is 0.444. The molecule has 25 heavy (non-hydrogen) atoms. The van der Waals surface area contributed by atoms with Gasteiger partial charge in [-0.1, -0.05) is 0 Å². The molecular weight excluding hydrogens is 325 g/mol. The third kappa shape index (κ3) is 3.57. The van der Waals surface area contributed by atoms with E-state index in [1.54, 1.807) is 6.07 Å². The molecule has 2 aromatic rings. The SMILES string of the molecule is COc1ccc(-c2nn(CC3CC3)c(=O)c(CN)c2CCO)cc1F. The molecule has 3 N–H and O–H groups in total. The van der Waals surface area contributed by atoms with Crippen LogP contribution in [0.3, 0.4) is 0 Å². The standard InChI is InChI=1S/C18H22FN3O3/c1-25-16-5-4-12(8-15(16)19)17-13(6-7-23)14(9-20)18(24)22(21-17)10-11-2-3-11/h4-5,8,11,23H,2-3,6-7,9-10,20H2,1H3. The van der Waals surface area contributed by atoms with Crippen molar-refractivity contribution in [3.8, 4) is 17.0 Å². The van der Waals surface area contributed by atoms with Crippen LogP contribution in [0.15, 0.2) is 23.0 Å². The smallest absolute Gasteiger partial charge is 0.271 e. The van der Waals surface area contributed by atoms with Crippen LogP contribution in [0, 0.1) is 11.7 Å². The number of benzene rings is 1. The molecular formula is C18H22FN3O3. The lowest BCUT2D eigenvalue weighted by Crippen LogP contribution is -2.31. The maximum Gasteiger partial charge on any atom is 0.271 e. The summed E-state index contributed by atoms with van der Waals surface area (Å²) >= 11 is 0. The predicted octanol–water partition coefficient (Wildman–Crippen LogP) is 1.46. The molecule has 3 rings (SSSR count). The summed E-state index contributed by atoms with van der Waals surface area (Å²) in [6, 6.07) is 4.54. The highest BCUT2D eigenvalue weighted by Crippen LogP contribution is 2.31. The van der Waals surface area contributed by atoms with Gasteiger partial charge in [-0.25, -0.2) is 9.07 Å². The Hall–Kier alpha value is -2.25. The van der Waals surface area contributed by atoms with Crippen molar-refractivity contribution >= 4 is 0 Å². The molecule has 134 valence electrons. The van der Waals surface area contributed by atoms with E-state index in [0.717, 1.165) is 12.8 Å². The van der Waals surface area contributed by atoms with E-state index in [4.69, 9.17) is 10.5 Å². The minimum Gasteiger partial charge on any atom is -0.494 e. The number of nitrogens with two attached hydrogens (primary N) is 1. The van der Waals surface area contributed by atoms with E-state index in [-0.39, 0.29) is 30.9 Å². The number of hydrogen-bond acceptors (Lipinski definition) is 5. The summed E-state index contributed by atoms with van der Waals surface area (Å²) in [5.41, 5.74) is 7.59. The van der Waals surface area contributed by atoms with Crippen molar-refractivity contribution in [3.05, 3.63) is 45.5 Å². The van der Waals surface area contributed by atoms with E-state index in [9.17, 15) is 14.3 Å². The maximum atomic E-state index is 14.1. The first-order valence-electron chi connectivity index (χ1n) is 8.36. The average Bonchev–Trinajstić information content (AvgIpc) is 3.42. The molecule has 1 fully saturated rings. The van der Waals surface area contributed by atoms with Gasteiger partial charge in [0.1, 0.15) is 0 Å². The van der Waals surface area contributed by atoms with Gasteiger partial charge in [-0.2, -0.15) is 5.10 Å². The Morgan fingerprint density at radius 1 is 1.40 bits per heavy atom. The van der Waals surface area contributed by atoms with E-state index >= 15 is 0 Å². The van der Waals surface area contributed by atoms with Crippen molar-refractivity contribution in [3.63, 3.8) is 0 Å². The van der Waals surface area contributed by atoms with Crippen molar-refractivity contribution in [1.82, 2.24) is 9.78 Å². The molecule has 0 radical (unpaired) electrons. The molecule has 0 amide bonds. The molecule has 1 saturated carbocycles. The van der Waals surface area contributed by atoms with E-state index in [2.05, 4.69) is 5.10 Å². The van der Waals surface area contributed by atoms with Gasteiger partial charge in [-0.15, -0.1) is 0 Å². The number of halogens is 1. The van der Waals surface area contributed by atoms with Gasteiger partial charge in [0.2, 0.25) is 0 Å². The van der Waals surface area contributed by atoms with Crippen LogP contribution in [0.5, 0.6) is 5.75 Å². The first-order valence-corrected chi connectivity index (χ1v) is 8.36. The molecule has 0 saturated heterocycles. The molecule has 1 aliphatic carbocycles. The summed E-state index contributed by atoms with van der Waals surface area (Å²) in [6.07, 6.45) is 2.40. The van der Waals surface area contributed by atoms with Gasteiger partial charge in [0.05, 0.1) is 12.8 Å². The third-order valence-electron chi connectivity index (χ3n) is 4.48. The normalized spacial score (nSPS) is 13.9. The minimum atomic E-state index is -0.508. The van der Waals surface area contributed by atoms with E-state index < -0.39 is 5.82 Å². The number of aromatic nitrogens is 2. The van der Waals surface area contributed by atoms with E-state index in [1.165, 1.54) is 23.9 Å². The summed E-state index contributed by atoms with van der Waals surface area (Å²) in [4.78, 5) is 12.7. The van der Waals surface area contributed by atoms with Crippen LogP contribution in [0.2, 0.25) is 0 Å².